The summed E-state index contributed by atoms with van der Waals surface area (Å²) in [6.45, 7) is 8.23. The highest BCUT2D eigenvalue weighted by Gasteiger charge is 2.13. The summed E-state index contributed by atoms with van der Waals surface area (Å²) >= 11 is 0. The Morgan fingerprint density at radius 2 is 1.77 bits per heavy atom. The minimum absolute atomic E-state index is 0.00129. The lowest BCUT2D eigenvalue weighted by Crippen LogP contribution is -2.38. The Kier molecular flexibility index (Phi) is 9.59. The van der Waals surface area contributed by atoms with Crippen molar-refractivity contribution < 1.29 is 13.9 Å². The molecule has 0 fully saturated rings. The Bertz CT molecular complexity index is 871. The third kappa shape index (κ3) is 7.43. The lowest BCUT2D eigenvalue weighted by molar-refractivity contribution is 0.287. The smallest absolute Gasteiger partial charge is 0.191 e. The van der Waals surface area contributed by atoms with Gasteiger partial charge in [0.1, 0.15) is 5.82 Å². The summed E-state index contributed by atoms with van der Waals surface area (Å²) in [5.41, 5.74) is 2.73. The van der Waals surface area contributed by atoms with Gasteiger partial charge in [0, 0.05) is 25.7 Å². The van der Waals surface area contributed by atoms with E-state index in [1.807, 2.05) is 57.1 Å². The van der Waals surface area contributed by atoms with Crippen LogP contribution in [0.1, 0.15) is 43.5 Å². The molecule has 0 aliphatic heterocycles. The van der Waals surface area contributed by atoms with E-state index in [1.54, 1.807) is 13.1 Å². The van der Waals surface area contributed by atoms with Crippen LogP contribution in [0.2, 0.25) is 0 Å². The summed E-state index contributed by atoms with van der Waals surface area (Å²) in [6.07, 6.45) is 0. The maximum Gasteiger partial charge on any atom is 0.191 e. The Morgan fingerprint density at radius 1 is 1.06 bits per heavy atom. The van der Waals surface area contributed by atoms with Gasteiger partial charge in [-0.05, 0) is 70.3 Å². The number of nitrogens with zero attached hydrogens (tertiary/aromatic N) is 2. The summed E-state index contributed by atoms with van der Waals surface area (Å²) in [6, 6.07) is 11.1. The van der Waals surface area contributed by atoms with Gasteiger partial charge < -0.3 is 25.0 Å². The maximum absolute atomic E-state index is 14.0. The fraction of sp³-hybridized carbons (Fsp3) is 0.458. The van der Waals surface area contributed by atoms with Crippen LogP contribution in [0.15, 0.2) is 41.4 Å². The van der Waals surface area contributed by atoms with Crippen molar-refractivity contribution >= 4 is 5.96 Å². The monoisotopic (exact) mass is 430 g/mol. The Balaban J connectivity index is 2.04. The number of halogens is 1. The van der Waals surface area contributed by atoms with Crippen LogP contribution >= 0.6 is 0 Å². The van der Waals surface area contributed by atoms with E-state index >= 15 is 0 Å². The zero-order chi connectivity index (χ0) is 22.8. The Morgan fingerprint density at radius 3 is 2.42 bits per heavy atom. The first-order valence-corrected chi connectivity index (χ1v) is 10.7. The van der Waals surface area contributed by atoms with Gasteiger partial charge in [-0.2, -0.15) is 0 Å². The molecule has 7 heteroatoms. The zero-order valence-electron chi connectivity index (χ0n) is 19.5. The Hall–Kier alpha value is -2.80. The van der Waals surface area contributed by atoms with Crippen LogP contribution in [0.5, 0.6) is 11.5 Å². The number of guanidine groups is 1. The van der Waals surface area contributed by atoms with Crippen molar-refractivity contribution in [1.29, 1.82) is 0 Å². The molecule has 0 saturated carbocycles. The lowest BCUT2D eigenvalue weighted by atomic mass is 10.1. The standard InChI is InChI=1S/C24H35FN4O2/c1-7-30-22-12-10-19(14-23(22)31-8-2)17(3)28-24(26-4)27-15-18-9-11-21(25)20(13-18)16-29(5)6/h9-14,17H,7-8,15-16H2,1-6H3,(H2,26,27,28). The van der Waals surface area contributed by atoms with Gasteiger partial charge in [-0.1, -0.05) is 12.1 Å². The van der Waals surface area contributed by atoms with E-state index in [0.717, 1.165) is 22.6 Å². The van der Waals surface area contributed by atoms with Crippen LogP contribution in [-0.2, 0) is 13.1 Å². The number of hydrogen-bond acceptors (Lipinski definition) is 4. The number of nitrogens with one attached hydrogen (secondary N) is 2. The van der Waals surface area contributed by atoms with E-state index < -0.39 is 0 Å². The topological polar surface area (TPSA) is 58.1 Å². The average molecular weight is 431 g/mol. The van der Waals surface area contributed by atoms with Crippen molar-refractivity contribution in [3.8, 4) is 11.5 Å². The van der Waals surface area contributed by atoms with Crippen LogP contribution in [0.25, 0.3) is 0 Å². The molecular formula is C24H35FN4O2. The second kappa shape index (κ2) is 12.2. The van der Waals surface area contributed by atoms with Gasteiger partial charge in [0.05, 0.1) is 19.3 Å². The number of benzene rings is 2. The molecule has 31 heavy (non-hydrogen) atoms. The van der Waals surface area contributed by atoms with E-state index in [-0.39, 0.29) is 11.9 Å². The van der Waals surface area contributed by atoms with Gasteiger partial charge in [-0.3, -0.25) is 4.99 Å². The Labute approximate surface area is 185 Å². The van der Waals surface area contributed by atoms with Gasteiger partial charge in [-0.15, -0.1) is 0 Å². The second-order valence-corrected chi connectivity index (χ2v) is 7.53. The quantitative estimate of drug-likeness (QED) is 0.439. The molecule has 0 radical (unpaired) electrons. The molecule has 2 rings (SSSR count). The number of hydrogen-bond donors (Lipinski definition) is 2. The van der Waals surface area contributed by atoms with Gasteiger partial charge >= 0.3 is 0 Å². The summed E-state index contributed by atoms with van der Waals surface area (Å²) < 4.78 is 25.4. The van der Waals surface area contributed by atoms with Crippen molar-refractivity contribution in [3.63, 3.8) is 0 Å². The van der Waals surface area contributed by atoms with Gasteiger partial charge in [0.25, 0.3) is 0 Å². The molecule has 1 unspecified atom stereocenters. The summed E-state index contributed by atoms with van der Waals surface area (Å²) in [4.78, 5) is 6.27. The van der Waals surface area contributed by atoms with Gasteiger partial charge in [-0.25, -0.2) is 4.39 Å². The molecule has 2 aromatic carbocycles. The molecule has 0 aromatic heterocycles. The van der Waals surface area contributed by atoms with E-state index in [2.05, 4.69) is 22.5 Å². The molecule has 2 N–H and O–H groups in total. The van der Waals surface area contributed by atoms with E-state index in [1.165, 1.54) is 6.07 Å². The first kappa shape index (κ1) is 24.5. The summed E-state index contributed by atoms with van der Waals surface area (Å²) in [7, 11) is 5.58. The number of ether oxygens (including phenoxy) is 2. The molecule has 170 valence electrons. The molecule has 6 nitrogen and oxygen atoms in total. The maximum atomic E-state index is 14.0. The molecule has 0 aliphatic carbocycles. The molecule has 0 saturated heterocycles. The van der Waals surface area contributed by atoms with Crippen LogP contribution in [0, 0.1) is 5.82 Å². The molecule has 1 atom stereocenters. The van der Waals surface area contributed by atoms with Crippen LogP contribution in [-0.4, -0.2) is 45.2 Å². The highest BCUT2D eigenvalue weighted by atomic mass is 19.1. The van der Waals surface area contributed by atoms with Crippen molar-refractivity contribution in [2.24, 2.45) is 4.99 Å². The first-order valence-electron chi connectivity index (χ1n) is 10.7. The molecule has 0 heterocycles. The normalized spacial score (nSPS) is 12.6. The fourth-order valence-corrected chi connectivity index (χ4v) is 3.21. The lowest BCUT2D eigenvalue weighted by Gasteiger charge is -2.20. The molecule has 0 bridgehead atoms. The number of aliphatic imine (C=N–C) groups is 1. The molecular weight excluding hydrogens is 395 g/mol. The van der Waals surface area contributed by atoms with Gasteiger partial charge in [0.15, 0.2) is 17.5 Å². The first-order chi connectivity index (χ1) is 14.9. The molecule has 0 spiro atoms. The van der Waals surface area contributed by atoms with E-state index in [9.17, 15) is 4.39 Å². The second-order valence-electron chi connectivity index (χ2n) is 7.53. The molecule has 2 aromatic rings. The minimum atomic E-state index is -0.186. The highest BCUT2D eigenvalue weighted by molar-refractivity contribution is 5.80. The fourth-order valence-electron chi connectivity index (χ4n) is 3.21. The zero-order valence-corrected chi connectivity index (χ0v) is 19.5. The van der Waals surface area contributed by atoms with Crippen molar-refractivity contribution in [2.75, 3.05) is 34.4 Å². The average Bonchev–Trinajstić information content (AvgIpc) is 2.74. The largest absolute Gasteiger partial charge is 0.490 e. The van der Waals surface area contributed by atoms with E-state index in [4.69, 9.17) is 9.47 Å². The third-order valence-electron chi connectivity index (χ3n) is 4.70. The van der Waals surface area contributed by atoms with Crippen LogP contribution in [0.4, 0.5) is 4.39 Å². The molecule has 0 aliphatic rings. The van der Waals surface area contributed by atoms with Crippen molar-refractivity contribution in [1.82, 2.24) is 15.5 Å². The minimum Gasteiger partial charge on any atom is -0.490 e. The van der Waals surface area contributed by atoms with Crippen LogP contribution in [0.3, 0.4) is 0 Å². The molecule has 0 amide bonds. The van der Waals surface area contributed by atoms with E-state index in [0.29, 0.717) is 37.8 Å². The van der Waals surface area contributed by atoms with Crippen molar-refractivity contribution in [3.05, 3.63) is 58.9 Å². The summed E-state index contributed by atoms with van der Waals surface area (Å²) in [5.74, 6) is 1.96. The van der Waals surface area contributed by atoms with Crippen molar-refractivity contribution in [2.45, 2.75) is 39.9 Å². The summed E-state index contributed by atoms with van der Waals surface area (Å²) in [5, 5.41) is 6.70. The number of rotatable bonds is 10. The predicted molar refractivity (Wildman–Crippen MR) is 124 cm³/mol. The van der Waals surface area contributed by atoms with Gasteiger partial charge in [0.2, 0.25) is 0 Å². The SMILES string of the molecule is CCOc1ccc(C(C)NC(=NC)NCc2ccc(F)c(CN(C)C)c2)cc1OCC. The third-order valence-corrected chi connectivity index (χ3v) is 4.70. The highest BCUT2D eigenvalue weighted by Crippen LogP contribution is 2.30. The predicted octanol–water partition coefficient (Wildman–Crippen LogP) is 4.11. The van der Waals surface area contributed by atoms with Crippen LogP contribution < -0.4 is 20.1 Å².